The van der Waals surface area contributed by atoms with Gasteiger partial charge in [0.25, 0.3) is 0 Å². The lowest BCUT2D eigenvalue weighted by molar-refractivity contribution is -0.118. The van der Waals surface area contributed by atoms with Crippen LogP contribution in [0.1, 0.15) is 19.4 Å². The van der Waals surface area contributed by atoms with Crippen molar-refractivity contribution in [3.63, 3.8) is 0 Å². The van der Waals surface area contributed by atoms with Gasteiger partial charge in [-0.05, 0) is 23.6 Å². The van der Waals surface area contributed by atoms with Gasteiger partial charge < -0.3 is 5.32 Å². The SMILES string of the molecule is CC(C)CNC(=O)CSCc1ccc(Br)cc1F. The number of thioether (sulfide) groups is 1. The van der Waals surface area contributed by atoms with Gasteiger partial charge in [-0.15, -0.1) is 11.8 Å². The predicted molar refractivity (Wildman–Crippen MR) is 78.1 cm³/mol. The van der Waals surface area contributed by atoms with Gasteiger partial charge >= 0.3 is 0 Å². The average molecular weight is 334 g/mol. The van der Waals surface area contributed by atoms with Crippen molar-refractivity contribution in [2.45, 2.75) is 19.6 Å². The maximum atomic E-state index is 13.5. The largest absolute Gasteiger partial charge is 0.355 e. The molecule has 0 fully saturated rings. The molecule has 1 aromatic carbocycles. The molecule has 1 N–H and O–H groups in total. The highest BCUT2D eigenvalue weighted by Crippen LogP contribution is 2.19. The summed E-state index contributed by atoms with van der Waals surface area (Å²) in [5, 5.41) is 2.83. The van der Waals surface area contributed by atoms with Crippen LogP contribution in [0.5, 0.6) is 0 Å². The third-order valence-corrected chi connectivity index (χ3v) is 3.69. The summed E-state index contributed by atoms with van der Waals surface area (Å²) in [5.74, 6) is 1.09. The van der Waals surface area contributed by atoms with Crippen molar-refractivity contribution in [2.24, 2.45) is 5.92 Å². The Balaban J connectivity index is 2.31. The molecule has 0 aliphatic rings. The maximum absolute atomic E-state index is 13.5. The second-order valence-electron chi connectivity index (χ2n) is 4.43. The number of halogens is 2. The van der Waals surface area contributed by atoms with Gasteiger partial charge in [0.1, 0.15) is 5.82 Å². The molecule has 2 nitrogen and oxygen atoms in total. The van der Waals surface area contributed by atoms with Gasteiger partial charge in [-0.2, -0.15) is 0 Å². The normalized spacial score (nSPS) is 10.7. The fourth-order valence-corrected chi connectivity index (χ4v) is 2.44. The van der Waals surface area contributed by atoms with Crippen LogP contribution in [0, 0.1) is 11.7 Å². The van der Waals surface area contributed by atoms with Gasteiger partial charge in [-0.3, -0.25) is 4.79 Å². The summed E-state index contributed by atoms with van der Waals surface area (Å²) >= 11 is 4.63. The van der Waals surface area contributed by atoms with Crippen molar-refractivity contribution in [3.05, 3.63) is 34.1 Å². The van der Waals surface area contributed by atoms with Crippen molar-refractivity contribution in [1.29, 1.82) is 0 Å². The van der Waals surface area contributed by atoms with Crippen molar-refractivity contribution in [2.75, 3.05) is 12.3 Å². The lowest BCUT2D eigenvalue weighted by atomic mass is 10.2. The lowest BCUT2D eigenvalue weighted by Crippen LogP contribution is -2.28. The van der Waals surface area contributed by atoms with Gasteiger partial charge in [0.2, 0.25) is 5.91 Å². The molecule has 0 spiro atoms. The zero-order valence-corrected chi connectivity index (χ0v) is 12.9. The number of nitrogens with one attached hydrogen (secondary N) is 1. The van der Waals surface area contributed by atoms with Crippen LogP contribution in [0.15, 0.2) is 22.7 Å². The molecule has 0 atom stereocenters. The summed E-state index contributed by atoms with van der Waals surface area (Å²) in [5.41, 5.74) is 0.625. The fraction of sp³-hybridized carbons (Fsp3) is 0.462. The Kier molecular flexibility index (Phi) is 6.71. The van der Waals surface area contributed by atoms with Gasteiger partial charge in [-0.25, -0.2) is 4.39 Å². The van der Waals surface area contributed by atoms with Crippen LogP contribution >= 0.6 is 27.7 Å². The first-order valence-electron chi connectivity index (χ1n) is 5.77. The average Bonchev–Trinajstić information content (AvgIpc) is 2.29. The van der Waals surface area contributed by atoms with Gasteiger partial charge in [0.05, 0.1) is 5.75 Å². The summed E-state index contributed by atoms with van der Waals surface area (Å²) in [6.07, 6.45) is 0. The standard InChI is InChI=1S/C13H17BrFNOS/c1-9(2)6-16-13(17)8-18-7-10-3-4-11(14)5-12(10)15/h3-5,9H,6-8H2,1-2H3,(H,16,17). The van der Waals surface area contributed by atoms with Gasteiger partial charge in [0.15, 0.2) is 0 Å². The summed E-state index contributed by atoms with van der Waals surface area (Å²) in [7, 11) is 0. The van der Waals surface area contributed by atoms with Crippen LogP contribution in [-0.4, -0.2) is 18.2 Å². The highest BCUT2D eigenvalue weighted by molar-refractivity contribution is 9.10. The molecule has 5 heteroatoms. The number of hydrogen-bond acceptors (Lipinski definition) is 2. The zero-order chi connectivity index (χ0) is 13.5. The molecule has 100 valence electrons. The van der Waals surface area contributed by atoms with E-state index in [0.717, 1.165) is 4.47 Å². The highest BCUT2D eigenvalue weighted by atomic mass is 79.9. The van der Waals surface area contributed by atoms with Crippen LogP contribution in [-0.2, 0) is 10.5 Å². The molecular weight excluding hydrogens is 317 g/mol. The van der Waals surface area contributed by atoms with E-state index in [1.54, 1.807) is 12.1 Å². The Labute approximate surface area is 120 Å². The molecule has 1 rings (SSSR count). The van der Waals surface area contributed by atoms with Crippen molar-refractivity contribution >= 4 is 33.6 Å². The molecule has 1 aromatic rings. The number of hydrogen-bond donors (Lipinski definition) is 1. The van der Waals surface area contributed by atoms with E-state index in [-0.39, 0.29) is 11.7 Å². The van der Waals surface area contributed by atoms with Crippen LogP contribution < -0.4 is 5.32 Å². The van der Waals surface area contributed by atoms with E-state index in [1.165, 1.54) is 17.8 Å². The van der Waals surface area contributed by atoms with E-state index in [1.807, 2.05) is 13.8 Å². The van der Waals surface area contributed by atoms with Crippen molar-refractivity contribution < 1.29 is 9.18 Å². The van der Waals surface area contributed by atoms with E-state index >= 15 is 0 Å². The molecule has 0 saturated heterocycles. The predicted octanol–water partition coefficient (Wildman–Crippen LogP) is 3.59. The molecule has 0 bridgehead atoms. The lowest BCUT2D eigenvalue weighted by Gasteiger charge is -2.07. The smallest absolute Gasteiger partial charge is 0.230 e. The first-order valence-corrected chi connectivity index (χ1v) is 7.72. The van der Waals surface area contributed by atoms with Crippen molar-refractivity contribution in [1.82, 2.24) is 5.32 Å². The summed E-state index contributed by atoms with van der Waals surface area (Å²) in [6.45, 7) is 4.78. The maximum Gasteiger partial charge on any atom is 0.230 e. The Bertz CT molecular complexity index is 412. The van der Waals surface area contributed by atoms with Crippen LogP contribution in [0.2, 0.25) is 0 Å². The third kappa shape index (κ3) is 5.87. The first-order chi connectivity index (χ1) is 8.49. The molecule has 18 heavy (non-hydrogen) atoms. The van der Waals surface area contributed by atoms with E-state index in [4.69, 9.17) is 0 Å². The number of benzene rings is 1. The molecular formula is C13H17BrFNOS. The molecule has 0 aliphatic carbocycles. The van der Waals surface area contributed by atoms with Crippen molar-refractivity contribution in [3.8, 4) is 0 Å². The molecule has 0 radical (unpaired) electrons. The Hall–Kier alpha value is -0.550. The number of carbonyl (C=O) groups is 1. The van der Waals surface area contributed by atoms with Gasteiger partial charge in [-0.1, -0.05) is 35.8 Å². The highest BCUT2D eigenvalue weighted by Gasteiger charge is 2.06. The topological polar surface area (TPSA) is 29.1 Å². The second kappa shape index (κ2) is 7.79. The minimum absolute atomic E-state index is 0.00576. The summed E-state index contributed by atoms with van der Waals surface area (Å²) in [6, 6.07) is 4.98. The molecule has 0 unspecified atom stereocenters. The first kappa shape index (κ1) is 15.5. The van der Waals surface area contributed by atoms with E-state index < -0.39 is 0 Å². The number of amides is 1. The zero-order valence-electron chi connectivity index (χ0n) is 10.5. The Morgan fingerprint density at radius 3 is 2.83 bits per heavy atom. The van der Waals surface area contributed by atoms with Crippen LogP contribution in [0.4, 0.5) is 4.39 Å². The number of carbonyl (C=O) groups excluding carboxylic acids is 1. The van der Waals surface area contributed by atoms with E-state index in [9.17, 15) is 9.18 Å². The molecule has 0 heterocycles. The van der Waals surface area contributed by atoms with Crippen LogP contribution in [0.25, 0.3) is 0 Å². The van der Waals surface area contributed by atoms with E-state index in [0.29, 0.717) is 29.5 Å². The Morgan fingerprint density at radius 1 is 1.50 bits per heavy atom. The Morgan fingerprint density at radius 2 is 2.22 bits per heavy atom. The van der Waals surface area contributed by atoms with E-state index in [2.05, 4.69) is 21.2 Å². The fourth-order valence-electron chi connectivity index (χ4n) is 1.26. The number of rotatable bonds is 6. The third-order valence-electron chi connectivity index (χ3n) is 2.21. The van der Waals surface area contributed by atoms with Gasteiger partial charge in [0, 0.05) is 16.8 Å². The molecule has 0 saturated carbocycles. The molecule has 1 amide bonds. The second-order valence-corrected chi connectivity index (χ2v) is 6.33. The quantitative estimate of drug-likeness (QED) is 0.861. The monoisotopic (exact) mass is 333 g/mol. The molecule has 0 aromatic heterocycles. The molecule has 0 aliphatic heterocycles. The summed E-state index contributed by atoms with van der Waals surface area (Å²) in [4.78, 5) is 11.4. The van der Waals surface area contributed by atoms with Crippen LogP contribution in [0.3, 0.4) is 0 Å². The summed E-state index contributed by atoms with van der Waals surface area (Å²) < 4.78 is 14.2. The minimum atomic E-state index is -0.237. The minimum Gasteiger partial charge on any atom is -0.355 e.